The van der Waals surface area contributed by atoms with Gasteiger partial charge in [-0.3, -0.25) is 0 Å². The Bertz CT molecular complexity index is 163. The van der Waals surface area contributed by atoms with Crippen molar-refractivity contribution in [2.75, 3.05) is 6.61 Å². The molecule has 0 aliphatic heterocycles. The molecule has 0 aromatic carbocycles. The first-order valence-electron chi connectivity index (χ1n) is 6.97. The van der Waals surface area contributed by atoms with E-state index >= 15 is 0 Å². The van der Waals surface area contributed by atoms with Crippen LogP contribution in [0.15, 0.2) is 0 Å². The van der Waals surface area contributed by atoms with Gasteiger partial charge in [0.25, 0.3) is 0 Å². The molecule has 0 aromatic heterocycles. The SMILES string of the molecule is CC(C)(O)CCC(O)CCCCCCCCO. The van der Waals surface area contributed by atoms with Crippen molar-refractivity contribution < 1.29 is 15.3 Å². The fraction of sp³-hybridized carbons (Fsp3) is 1.00. The summed E-state index contributed by atoms with van der Waals surface area (Å²) >= 11 is 0. The van der Waals surface area contributed by atoms with Crippen molar-refractivity contribution in [1.82, 2.24) is 0 Å². The van der Waals surface area contributed by atoms with Crippen LogP contribution >= 0.6 is 0 Å². The van der Waals surface area contributed by atoms with Crippen LogP contribution in [0.5, 0.6) is 0 Å². The minimum atomic E-state index is -0.661. The average molecular weight is 246 g/mol. The molecule has 0 aliphatic rings. The van der Waals surface area contributed by atoms with Crippen molar-refractivity contribution in [3.63, 3.8) is 0 Å². The van der Waals surface area contributed by atoms with E-state index in [9.17, 15) is 10.2 Å². The summed E-state index contributed by atoms with van der Waals surface area (Å²) < 4.78 is 0. The topological polar surface area (TPSA) is 60.7 Å². The first-order valence-corrected chi connectivity index (χ1v) is 6.97. The van der Waals surface area contributed by atoms with Crippen molar-refractivity contribution in [3.8, 4) is 0 Å². The van der Waals surface area contributed by atoms with Crippen molar-refractivity contribution in [3.05, 3.63) is 0 Å². The van der Waals surface area contributed by atoms with Crippen molar-refractivity contribution in [1.29, 1.82) is 0 Å². The number of hydrogen-bond donors (Lipinski definition) is 3. The molecule has 0 rings (SSSR count). The molecule has 3 heteroatoms. The second-order valence-corrected chi connectivity index (χ2v) is 5.64. The van der Waals surface area contributed by atoms with Crippen LogP contribution < -0.4 is 0 Å². The molecule has 0 aliphatic carbocycles. The Hall–Kier alpha value is -0.120. The van der Waals surface area contributed by atoms with E-state index < -0.39 is 5.60 Å². The molecule has 1 unspecified atom stereocenters. The fourth-order valence-electron chi connectivity index (χ4n) is 1.86. The zero-order valence-electron chi connectivity index (χ0n) is 11.5. The lowest BCUT2D eigenvalue weighted by Gasteiger charge is -2.19. The molecule has 1 atom stereocenters. The largest absolute Gasteiger partial charge is 0.396 e. The molecule has 3 N–H and O–H groups in total. The number of hydrogen-bond acceptors (Lipinski definition) is 3. The molecule has 0 aromatic rings. The van der Waals surface area contributed by atoms with Crippen molar-refractivity contribution in [2.24, 2.45) is 0 Å². The van der Waals surface area contributed by atoms with E-state index in [1.54, 1.807) is 13.8 Å². The van der Waals surface area contributed by atoms with Crippen LogP contribution in [0.2, 0.25) is 0 Å². The Labute approximate surface area is 106 Å². The van der Waals surface area contributed by atoms with Gasteiger partial charge in [-0.05, 0) is 39.5 Å². The maximum absolute atomic E-state index is 9.71. The van der Waals surface area contributed by atoms with Gasteiger partial charge in [-0.1, -0.05) is 32.1 Å². The highest BCUT2D eigenvalue weighted by Gasteiger charge is 2.14. The Morgan fingerprint density at radius 1 is 0.882 bits per heavy atom. The molecule has 0 bridgehead atoms. The second-order valence-electron chi connectivity index (χ2n) is 5.64. The first-order chi connectivity index (χ1) is 7.95. The molecule has 0 heterocycles. The summed E-state index contributed by atoms with van der Waals surface area (Å²) in [7, 11) is 0. The molecule has 0 fully saturated rings. The molecular formula is C14H30O3. The normalized spacial score (nSPS) is 13.9. The average Bonchev–Trinajstić information content (AvgIpc) is 2.24. The smallest absolute Gasteiger partial charge is 0.0592 e. The molecule has 0 saturated carbocycles. The van der Waals surface area contributed by atoms with Crippen LogP contribution in [-0.2, 0) is 0 Å². The van der Waals surface area contributed by atoms with E-state index in [0.29, 0.717) is 19.4 Å². The third-order valence-corrected chi connectivity index (χ3v) is 3.03. The maximum atomic E-state index is 9.71. The first kappa shape index (κ1) is 16.9. The van der Waals surface area contributed by atoms with E-state index in [1.165, 1.54) is 12.8 Å². The van der Waals surface area contributed by atoms with Gasteiger partial charge in [0.2, 0.25) is 0 Å². The van der Waals surface area contributed by atoms with Crippen LogP contribution in [0.4, 0.5) is 0 Å². The van der Waals surface area contributed by atoms with Gasteiger partial charge in [-0.2, -0.15) is 0 Å². The van der Waals surface area contributed by atoms with Crippen LogP contribution in [-0.4, -0.2) is 33.6 Å². The highest BCUT2D eigenvalue weighted by molar-refractivity contribution is 4.68. The maximum Gasteiger partial charge on any atom is 0.0592 e. The lowest BCUT2D eigenvalue weighted by atomic mass is 9.97. The molecule has 3 nitrogen and oxygen atoms in total. The predicted molar refractivity (Wildman–Crippen MR) is 70.9 cm³/mol. The van der Waals surface area contributed by atoms with Gasteiger partial charge in [0.05, 0.1) is 11.7 Å². The van der Waals surface area contributed by atoms with Crippen LogP contribution in [0.3, 0.4) is 0 Å². The Kier molecular flexibility index (Phi) is 9.79. The minimum Gasteiger partial charge on any atom is -0.396 e. The van der Waals surface area contributed by atoms with E-state index in [-0.39, 0.29) is 6.10 Å². The quantitative estimate of drug-likeness (QED) is 0.491. The molecule has 0 spiro atoms. The zero-order valence-corrected chi connectivity index (χ0v) is 11.5. The van der Waals surface area contributed by atoms with Gasteiger partial charge in [-0.25, -0.2) is 0 Å². The Morgan fingerprint density at radius 3 is 1.94 bits per heavy atom. The molecule has 17 heavy (non-hydrogen) atoms. The van der Waals surface area contributed by atoms with Gasteiger partial charge >= 0.3 is 0 Å². The summed E-state index contributed by atoms with van der Waals surface area (Å²) in [5.41, 5.74) is -0.661. The van der Waals surface area contributed by atoms with Gasteiger partial charge in [0.15, 0.2) is 0 Å². The number of unbranched alkanes of at least 4 members (excludes halogenated alkanes) is 5. The summed E-state index contributed by atoms with van der Waals surface area (Å²) in [4.78, 5) is 0. The third kappa shape index (κ3) is 13.8. The molecule has 0 amide bonds. The summed E-state index contributed by atoms with van der Waals surface area (Å²) in [6.07, 6.45) is 8.54. The second kappa shape index (κ2) is 9.86. The van der Waals surface area contributed by atoms with Gasteiger partial charge in [0.1, 0.15) is 0 Å². The lowest BCUT2D eigenvalue weighted by Crippen LogP contribution is -2.21. The minimum absolute atomic E-state index is 0.265. The van der Waals surface area contributed by atoms with E-state index in [2.05, 4.69) is 0 Å². The molecular weight excluding hydrogens is 216 g/mol. The predicted octanol–water partition coefficient (Wildman–Crippen LogP) is 2.62. The third-order valence-electron chi connectivity index (χ3n) is 3.03. The monoisotopic (exact) mass is 246 g/mol. The molecule has 0 saturated heterocycles. The van der Waals surface area contributed by atoms with Gasteiger partial charge in [0, 0.05) is 6.61 Å². The number of aliphatic hydroxyl groups excluding tert-OH is 2. The Balaban J connectivity index is 3.25. The van der Waals surface area contributed by atoms with Crippen LogP contribution in [0, 0.1) is 0 Å². The summed E-state index contributed by atoms with van der Waals surface area (Å²) in [6.45, 7) is 3.86. The highest BCUT2D eigenvalue weighted by atomic mass is 16.3. The summed E-state index contributed by atoms with van der Waals surface area (Å²) in [6, 6.07) is 0. The highest BCUT2D eigenvalue weighted by Crippen LogP contribution is 2.16. The van der Waals surface area contributed by atoms with Crippen LogP contribution in [0.1, 0.15) is 71.6 Å². The van der Waals surface area contributed by atoms with E-state index in [0.717, 1.165) is 32.1 Å². The van der Waals surface area contributed by atoms with Crippen LogP contribution in [0.25, 0.3) is 0 Å². The molecule has 0 radical (unpaired) electrons. The fourth-order valence-corrected chi connectivity index (χ4v) is 1.86. The molecule has 104 valence electrons. The van der Waals surface area contributed by atoms with Gasteiger partial charge < -0.3 is 15.3 Å². The summed E-state index contributed by atoms with van der Waals surface area (Å²) in [5.74, 6) is 0. The van der Waals surface area contributed by atoms with Gasteiger partial charge in [-0.15, -0.1) is 0 Å². The number of rotatable bonds is 11. The number of aliphatic hydroxyl groups is 3. The Morgan fingerprint density at radius 2 is 1.41 bits per heavy atom. The lowest BCUT2D eigenvalue weighted by molar-refractivity contribution is 0.0465. The van der Waals surface area contributed by atoms with E-state index in [1.807, 2.05) is 0 Å². The zero-order chi connectivity index (χ0) is 13.1. The summed E-state index contributed by atoms with van der Waals surface area (Å²) in [5, 5.41) is 27.8. The standard InChI is InChI=1S/C14H30O3/c1-14(2,17)11-10-13(16)9-7-5-3-4-6-8-12-15/h13,15-17H,3-12H2,1-2H3. The van der Waals surface area contributed by atoms with Crippen molar-refractivity contribution in [2.45, 2.75) is 83.3 Å². The van der Waals surface area contributed by atoms with E-state index in [4.69, 9.17) is 5.11 Å². The van der Waals surface area contributed by atoms with Crippen molar-refractivity contribution >= 4 is 0 Å².